The largest absolute Gasteiger partial charge is 0.374 e. The minimum Gasteiger partial charge on any atom is -0.374 e. The second-order valence-corrected chi connectivity index (χ2v) is 6.43. The van der Waals surface area contributed by atoms with Gasteiger partial charge in [0.25, 0.3) is 6.20 Å². The van der Waals surface area contributed by atoms with Gasteiger partial charge in [0.05, 0.1) is 15.6 Å². The standard InChI is InChI=1S/C13H20N4O2S2/c1-16(2)9-11-5-4-6-12(15-11)21-8-7-14-13(20-3)10-17(18)19/h4-6,10,14H,7-9H2,1-3H3. The summed E-state index contributed by atoms with van der Waals surface area (Å²) in [5, 5.41) is 15.0. The molecule has 0 radical (unpaired) electrons. The van der Waals surface area contributed by atoms with Crippen LogP contribution in [0.5, 0.6) is 0 Å². The maximum Gasteiger partial charge on any atom is 0.263 e. The van der Waals surface area contributed by atoms with Crippen molar-refractivity contribution in [2.45, 2.75) is 11.6 Å². The average Bonchev–Trinajstić information content (AvgIpc) is 2.41. The molecule has 8 heteroatoms. The predicted molar refractivity (Wildman–Crippen MR) is 88.9 cm³/mol. The van der Waals surface area contributed by atoms with Gasteiger partial charge in [-0.1, -0.05) is 6.07 Å². The van der Waals surface area contributed by atoms with E-state index in [9.17, 15) is 10.1 Å². The third-order valence-electron chi connectivity index (χ3n) is 2.35. The molecule has 0 atom stereocenters. The Morgan fingerprint density at radius 2 is 2.29 bits per heavy atom. The molecule has 0 saturated carbocycles. The predicted octanol–water partition coefficient (Wildman–Crippen LogP) is 2.26. The van der Waals surface area contributed by atoms with Crippen LogP contribution in [0.2, 0.25) is 0 Å². The maximum absolute atomic E-state index is 10.4. The number of thioether (sulfide) groups is 2. The summed E-state index contributed by atoms with van der Waals surface area (Å²) in [5.41, 5.74) is 1.04. The monoisotopic (exact) mass is 328 g/mol. The molecule has 1 aromatic heterocycles. The molecule has 0 amide bonds. The maximum atomic E-state index is 10.4. The van der Waals surface area contributed by atoms with Crippen LogP contribution in [0.25, 0.3) is 0 Å². The van der Waals surface area contributed by atoms with E-state index in [1.807, 2.05) is 38.6 Å². The first-order valence-electron chi connectivity index (χ1n) is 6.38. The van der Waals surface area contributed by atoms with Crippen LogP contribution in [-0.2, 0) is 6.54 Å². The smallest absolute Gasteiger partial charge is 0.263 e. The molecule has 0 saturated heterocycles. The van der Waals surface area contributed by atoms with Crippen molar-refractivity contribution in [2.24, 2.45) is 0 Å². The summed E-state index contributed by atoms with van der Waals surface area (Å²) in [6.45, 7) is 1.47. The number of nitrogens with zero attached hydrogens (tertiary/aromatic N) is 3. The van der Waals surface area contributed by atoms with E-state index in [0.717, 1.165) is 29.2 Å². The summed E-state index contributed by atoms with van der Waals surface area (Å²) in [7, 11) is 4.02. The van der Waals surface area contributed by atoms with E-state index in [0.29, 0.717) is 11.6 Å². The van der Waals surface area contributed by atoms with E-state index in [-0.39, 0.29) is 0 Å². The first-order valence-corrected chi connectivity index (χ1v) is 8.59. The van der Waals surface area contributed by atoms with E-state index in [2.05, 4.69) is 15.2 Å². The minimum absolute atomic E-state index is 0.446. The summed E-state index contributed by atoms with van der Waals surface area (Å²) in [6.07, 6.45) is 2.80. The first-order chi connectivity index (χ1) is 10.0. The van der Waals surface area contributed by atoms with Gasteiger partial charge in [-0.05, 0) is 32.5 Å². The van der Waals surface area contributed by atoms with Crippen molar-refractivity contribution >= 4 is 23.5 Å². The van der Waals surface area contributed by atoms with Crippen molar-refractivity contribution in [1.82, 2.24) is 15.2 Å². The Morgan fingerprint density at radius 3 is 2.90 bits per heavy atom. The molecule has 0 aliphatic rings. The normalized spacial score (nSPS) is 11.7. The van der Waals surface area contributed by atoms with Crippen LogP contribution in [0.4, 0.5) is 0 Å². The van der Waals surface area contributed by atoms with Gasteiger partial charge in [-0.3, -0.25) is 10.1 Å². The van der Waals surface area contributed by atoms with Crippen molar-refractivity contribution in [2.75, 3.05) is 32.6 Å². The highest BCUT2D eigenvalue weighted by molar-refractivity contribution is 8.02. The molecule has 0 spiro atoms. The van der Waals surface area contributed by atoms with E-state index >= 15 is 0 Å². The number of pyridine rings is 1. The van der Waals surface area contributed by atoms with Crippen LogP contribution in [0.15, 0.2) is 34.5 Å². The highest BCUT2D eigenvalue weighted by atomic mass is 32.2. The molecule has 0 bridgehead atoms. The number of nitro groups is 1. The summed E-state index contributed by atoms with van der Waals surface area (Å²) < 4.78 is 0. The van der Waals surface area contributed by atoms with Crippen LogP contribution < -0.4 is 5.32 Å². The zero-order valence-electron chi connectivity index (χ0n) is 12.4. The second kappa shape index (κ2) is 9.64. The highest BCUT2D eigenvalue weighted by Crippen LogP contribution is 2.16. The molecule has 0 aliphatic heterocycles. The van der Waals surface area contributed by atoms with Gasteiger partial charge in [0.1, 0.15) is 5.03 Å². The fraction of sp³-hybridized carbons (Fsp3) is 0.462. The third kappa shape index (κ3) is 7.93. The summed E-state index contributed by atoms with van der Waals surface area (Å²) in [5.74, 6) is 0.800. The van der Waals surface area contributed by atoms with Crippen molar-refractivity contribution in [3.05, 3.63) is 45.2 Å². The van der Waals surface area contributed by atoms with Gasteiger partial charge in [0, 0.05) is 18.8 Å². The summed E-state index contributed by atoms with van der Waals surface area (Å²) >= 11 is 2.97. The zero-order chi connectivity index (χ0) is 15.7. The Labute approximate surface area is 133 Å². The van der Waals surface area contributed by atoms with E-state index in [1.165, 1.54) is 11.8 Å². The van der Waals surface area contributed by atoms with Gasteiger partial charge >= 0.3 is 0 Å². The van der Waals surface area contributed by atoms with Crippen LogP contribution in [-0.4, -0.2) is 47.5 Å². The molecular formula is C13H20N4O2S2. The van der Waals surface area contributed by atoms with Crippen LogP contribution >= 0.6 is 23.5 Å². The van der Waals surface area contributed by atoms with E-state index < -0.39 is 4.92 Å². The molecule has 0 unspecified atom stereocenters. The lowest BCUT2D eigenvalue weighted by Gasteiger charge is -2.10. The van der Waals surface area contributed by atoms with Gasteiger partial charge in [0.2, 0.25) is 0 Å². The molecule has 0 aliphatic carbocycles. The number of rotatable bonds is 9. The van der Waals surface area contributed by atoms with Crippen LogP contribution in [0.1, 0.15) is 5.69 Å². The topological polar surface area (TPSA) is 71.3 Å². The molecule has 116 valence electrons. The molecular weight excluding hydrogens is 308 g/mol. The SMILES string of the molecule is CSC(=C[N+](=O)[O-])NCCSc1cccc(CN(C)C)n1. The van der Waals surface area contributed by atoms with E-state index in [1.54, 1.807) is 11.8 Å². The highest BCUT2D eigenvalue weighted by Gasteiger charge is 2.02. The number of hydrogen-bond acceptors (Lipinski definition) is 7. The zero-order valence-corrected chi connectivity index (χ0v) is 14.0. The minimum atomic E-state index is -0.446. The van der Waals surface area contributed by atoms with Crippen LogP contribution in [0, 0.1) is 10.1 Å². The summed E-state index contributed by atoms with van der Waals surface area (Å²) in [4.78, 5) is 16.6. The quantitative estimate of drug-likeness (QED) is 0.323. The fourth-order valence-corrected chi connectivity index (χ4v) is 2.75. The Morgan fingerprint density at radius 1 is 1.52 bits per heavy atom. The Kier molecular flexibility index (Phi) is 8.17. The second-order valence-electron chi connectivity index (χ2n) is 4.46. The molecule has 0 fully saturated rings. The van der Waals surface area contributed by atoms with Crippen LogP contribution in [0.3, 0.4) is 0 Å². The van der Waals surface area contributed by atoms with Gasteiger partial charge in [-0.25, -0.2) is 4.98 Å². The Bertz CT molecular complexity index is 495. The Hall–Kier alpha value is -1.25. The van der Waals surface area contributed by atoms with E-state index in [4.69, 9.17) is 0 Å². The summed E-state index contributed by atoms with van der Waals surface area (Å²) in [6, 6.07) is 5.99. The van der Waals surface area contributed by atoms with Gasteiger partial charge < -0.3 is 10.2 Å². The van der Waals surface area contributed by atoms with Gasteiger partial charge in [0.15, 0.2) is 0 Å². The third-order valence-corrected chi connectivity index (χ3v) is 3.97. The number of nitrogens with one attached hydrogen (secondary N) is 1. The van der Waals surface area contributed by atoms with Crippen molar-refractivity contribution in [3.63, 3.8) is 0 Å². The molecule has 1 heterocycles. The molecule has 21 heavy (non-hydrogen) atoms. The lowest BCUT2D eigenvalue weighted by molar-refractivity contribution is -0.403. The molecule has 6 nitrogen and oxygen atoms in total. The lowest BCUT2D eigenvalue weighted by atomic mass is 10.3. The molecule has 1 aromatic rings. The van der Waals surface area contributed by atoms with Crippen molar-refractivity contribution in [1.29, 1.82) is 0 Å². The average molecular weight is 328 g/mol. The first kappa shape index (κ1) is 17.8. The fourth-order valence-electron chi connectivity index (χ4n) is 1.55. The Balaban J connectivity index is 2.40. The number of aromatic nitrogens is 1. The van der Waals surface area contributed by atoms with Gasteiger partial charge in [-0.2, -0.15) is 0 Å². The lowest BCUT2D eigenvalue weighted by Crippen LogP contribution is -2.15. The van der Waals surface area contributed by atoms with Gasteiger partial charge in [-0.15, -0.1) is 23.5 Å². The molecule has 0 aromatic carbocycles. The molecule has 1 N–H and O–H groups in total. The van der Waals surface area contributed by atoms with Crippen molar-refractivity contribution < 1.29 is 4.92 Å². The number of hydrogen-bond donors (Lipinski definition) is 1. The van der Waals surface area contributed by atoms with Crippen molar-refractivity contribution in [3.8, 4) is 0 Å². The molecule has 1 rings (SSSR count).